The number of hydrogen-bond donors (Lipinski definition) is 2. The molecule has 2 atom stereocenters. The molecule has 1 aromatic carbocycles. The van der Waals surface area contributed by atoms with Crippen molar-refractivity contribution < 1.29 is 5.11 Å². The van der Waals surface area contributed by atoms with Gasteiger partial charge in [-0.05, 0) is 43.5 Å². The first-order valence-electron chi connectivity index (χ1n) is 7.89. The molecular weight excluding hydrogens is 328 g/mol. The lowest BCUT2D eigenvalue weighted by atomic mass is 10.0. The zero-order valence-electron chi connectivity index (χ0n) is 13.3. The van der Waals surface area contributed by atoms with Crippen molar-refractivity contribution >= 4 is 21.6 Å². The molecule has 4 heteroatoms. The van der Waals surface area contributed by atoms with Gasteiger partial charge < -0.3 is 15.3 Å². The first-order valence-corrected chi connectivity index (χ1v) is 8.69. The van der Waals surface area contributed by atoms with E-state index < -0.39 is 0 Å². The summed E-state index contributed by atoms with van der Waals surface area (Å²) in [6.07, 6.45) is 0.866. The highest BCUT2D eigenvalue weighted by Gasteiger charge is 2.26. The van der Waals surface area contributed by atoms with Crippen LogP contribution in [0.3, 0.4) is 0 Å². The first kappa shape index (κ1) is 16.8. The molecule has 1 fully saturated rings. The quantitative estimate of drug-likeness (QED) is 0.821. The fourth-order valence-electron chi connectivity index (χ4n) is 2.79. The zero-order valence-corrected chi connectivity index (χ0v) is 14.9. The second-order valence-electron chi connectivity index (χ2n) is 6.54. The topological polar surface area (TPSA) is 35.5 Å². The summed E-state index contributed by atoms with van der Waals surface area (Å²) in [6.45, 7) is 10.3. The third-order valence-corrected chi connectivity index (χ3v) is 4.91. The van der Waals surface area contributed by atoms with Gasteiger partial charge in [-0.15, -0.1) is 0 Å². The fourth-order valence-corrected chi connectivity index (χ4v) is 3.29. The van der Waals surface area contributed by atoms with Crippen molar-refractivity contribution in [1.29, 1.82) is 0 Å². The molecule has 0 aromatic heterocycles. The van der Waals surface area contributed by atoms with Gasteiger partial charge in [0.25, 0.3) is 0 Å². The molecule has 0 spiro atoms. The van der Waals surface area contributed by atoms with Crippen LogP contribution >= 0.6 is 15.9 Å². The molecule has 21 heavy (non-hydrogen) atoms. The molecule has 3 nitrogen and oxygen atoms in total. The predicted molar refractivity (Wildman–Crippen MR) is 92.7 cm³/mol. The predicted octanol–water partition coefficient (Wildman–Crippen LogP) is 3.40. The molecule has 2 N–H and O–H groups in total. The average Bonchev–Trinajstić information content (AvgIpc) is 2.90. The van der Waals surface area contributed by atoms with Crippen LogP contribution in [0.1, 0.15) is 32.8 Å². The molecule has 0 bridgehead atoms. The summed E-state index contributed by atoms with van der Waals surface area (Å²) in [5, 5.41) is 13.2. The van der Waals surface area contributed by atoms with Crippen LogP contribution < -0.4 is 10.2 Å². The molecule has 1 aromatic rings. The highest BCUT2D eigenvalue weighted by molar-refractivity contribution is 9.10. The smallest absolute Gasteiger partial charge is 0.0557 e. The molecule has 118 valence electrons. The first-order chi connectivity index (χ1) is 9.97. The molecule has 0 saturated carbocycles. The molecule has 0 amide bonds. The van der Waals surface area contributed by atoms with Crippen LogP contribution in [0.4, 0.5) is 5.69 Å². The van der Waals surface area contributed by atoms with Crippen molar-refractivity contribution in [1.82, 2.24) is 5.32 Å². The van der Waals surface area contributed by atoms with Gasteiger partial charge in [-0.2, -0.15) is 0 Å². The SMILES string of the molecule is CC(C)CNCc1ccc(N2CCC(C(C)O)C2)cc1Br. The van der Waals surface area contributed by atoms with Crippen LogP contribution in [-0.2, 0) is 6.54 Å². The molecule has 2 unspecified atom stereocenters. The Labute approximate surface area is 136 Å². The van der Waals surface area contributed by atoms with Gasteiger partial charge in [0, 0.05) is 35.7 Å². The Morgan fingerprint density at radius 3 is 2.71 bits per heavy atom. The number of nitrogens with one attached hydrogen (secondary N) is 1. The molecule has 1 aliphatic heterocycles. The van der Waals surface area contributed by atoms with E-state index in [1.807, 2.05) is 6.92 Å². The summed E-state index contributed by atoms with van der Waals surface area (Å²) in [5.74, 6) is 1.07. The minimum atomic E-state index is -0.210. The second kappa shape index (κ2) is 7.61. The van der Waals surface area contributed by atoms with Crippen molar-refractivity contribution in [3.8, 4) is 0 Å². The summed E-state index contributed by atoms with van der Waals surface area (Å²) >= 11 is 3.69. The Balaban J connectivity index is 1.96. The molecule has 2 rings (SSSR count). The van der Waals surface area contributed by atoms with E-state index in [4.69, 9.17) is 0 Å². The van der Waals surface area contributed by atoms with Crippen LogP contribution in [-0.4, -0.2) is 30.8 Å². The number of aliphatic hydroxyl groups excluding tert-OH is 1. The summed E-state index contributed by atoms with van der Waals surface area (Å²) in [6, 6.07) is 6.60. The highest BCUT2D eigenvalue weighted by Crippen LogP contribution is 2.29. The Hall–Kier alpha value is -0.580. The van der Waals surface area contributed by atoms with Crippen molar-refractivity contribution in [2.75, 3.05) is 24.5 Å². The molecule has 1 saturated heterocycles. The van der Waals surface area contributed by atoms with Gasteiger partial charge in [0.2, 0.25) is 0 Å². The number of anilines is 1. The fraction of sp³-hybridized carbons (Fsp3) is 0.647. The minimum absolute atomic E-state index is 0.210. The maximum atomic E-state index is 9.71. The maximum absolute atomic E-state index is 9.71. The van der Waals surface area contributed by atoms with E-state index >= 15 is 0 Å². The Bertz CT molecular complexity index is 462. The molecule has 1 heterocycles. The van der Waals surface area contributed by atoms with Crippen LogP contribution in [0.5, 0.6) is 0 Å². The van der Waals surface area contributed by atoms with Gasteiger partial charge in [0.1, 0.15) is 0 Å². The molecular formula is C17H27BrN2O. The number of nitrogens with zero attached hydrogens (tertiary/aromatic N) is 1. The van der Waals surface area contributed by atoms with Crippen LogP contribution in [0.15, 0.2) is 22.7 Å². The lowest BCUT2D eigenvalue weighted by Gasteiger charge is -2.21. The van der Waals surface area contributed by atoms with E-state index in [-0.39, 0.29) is 6.10 Å². The average molecular weight is 355 g/mol. The molecule has 0 radical (unpaired) electrons. The van der Waals surface area contributed by atoms with E-state index in [2.05, 4.69) is 58.2 Å². The van der Waals surface area contributed by atoms with Gasteiger partial charge in [-0.25, -0.2) is 0 Å². The number of halogens is 1. The normalized spacial score (nSPS) is 20.3. The van der Waals surface area contributed by atoms with Crippen molar-refractivity contribution in [2.45, 2.75) is 39.8 Å². The molecule has 0 aliphatic carbocycles. The monoisotopic (exact) mass is 354 g/mol. The number of hydrogen-bond acceptors (Lipinski definition) is 3. The van der Waals surface area contributed by atoms with Gasteiger partial charge in [-0.3, -0.25) is 0 Å². The summed E-state index contributed by atoms with van der Waals surface area (Å²) in [5.41, 5.74) is 2.54. The van der Waals surface area contributed by atoms with E-state index in [0.717, 1.165) is 37.1 Å². The van der Waals surface area contributed by atoms with Crippen LogP contribution in [0.2, 0.25) is 0 Å². The third kappa shape index (κ3) is 4.70. The van der Waals surface area contributed by atoms with Crippen LogP contribution in [0.25, 0.3) is 0 Å². The standard InChI is InChI=1S/C17H27BrN2O/c1-12(2)9-19-10-14-4-5-16(8-17(14)18)20-7-6-15(11-20)13(3)21/h4-5,8,12-13,15,19,21H,6-7,9-11H2,1-3H3. The van der Waals surface area contributed by atoms with Crippen molar-refractivity contribution in [3.63, 3.8) is 0 Å². The van der Waals surface area contributed by atoms with E-state index in [0.29, 0.717) is 11.8 Å². The lowest BCUT2D eigenvalue weighted by Crippen LogP contribution is -2.24. The minimum Gasteiger partial charge on any atom is -0.393 e. The highest BCUT2D eigenvalue weighted by atomic mass is 79.9. The zero-order chi connectivity index (χ0) is 15.4. The van der Waals surface area contributed by atoms with Crippen LogP contribution in [0, 0.1) is 11.8 Å². The summed E-state index contributed by atoms with van der Waals surface area (Å²) in [7, 11) is 0. The summed E-state index contributed by atoms with van der Waals surface area (Å²) in [4.78, 5) is 2.37. The van der Waals surface area contributed by atoms with Gasteiger partial charge in [0.05, 0.1) is 6.10 Å². The van der Waals surface area contributed by atoms with Crippen molar-refractivity contribution in [2.24, 2.45) is 11.8 Å². The van der Waals surface area contributed by atoms with E-state index in [9.17, 15) is 5.11 Å². The third-order valence-electron chi connectivity index (χ3n) is 4.18. The Morgan fingerprint density at radius 1 is 1.38 bits per heavy atom. The number of rotatable bonds is 6. The maximum Gasteiger partial charge on any atom is 0.0557 e. The number of benzene rings is 1. The molecule has 1 aliphatic rings. The Kier molecular flexibility index (Phi) is 6.08. The van der Waals surface area contributed by atoms with Gasteiger partial charge >= 0.3 is 0 Å². The van der Waals surface area contributed by atoms with E-state index in [1.54, 1.807) is 0 Å². The van der Waals surface area contributed by atoms with Gasteiger partial charge in [-0.1, -0.05) is 35.8 Å². The second-order valence-corrected chi connectivity index (χ2v) is 7.39. The van der Waals surface area contributed by atoms with Gasteiger partial charge in [0.15, 0.2) is 0 Å². The summed E-state index contributed by atoms with van der Waals surface area (Å²) < 4.78 is 1.16. The Morgan fingerprint density at radius 2 is 2.14 bits per heavy atom. The lowest BCUT2D eigenvalue weighted by molar-refractivity contribution is 0.136. The number of aliphatic hydroxyl groups is 1. The van der Waals surface area contributed by atoms with E-state index in [1.165, 1.54) is 11.3 Å². The van der Waals surface area contributed by atoms with Crippen molar-refractivity contribution in [3.05, 3.63) is 28.2 Å². The largest absolute Gasteiger partial charge is 0.393 e.